The van der Waals surface area contributed by atoms with Crippen LogP contribution in [0.5, 0.6) is 5.75 Å². The lowest BCUT2D eigenvalue weighted by Crippen LogP contribution is -2.39. The van der Waals surface area contributed by atoms with E-state index in [2.05, 4.69) is 0 Å². The van der Waals surface area contributed by atoms with Crippen LogP contribution in [-0.2, 0) is 10.2 Å². The number of rotatable bonds is 4. The number of ether oxygens (including phenoxy) is 1. The molecule has 0 bridgehead atoms. The van der Waals surface area contributed by atoms with Gasteiger partial charge in [-0.15, -0.1) is 0 Å². The summed E-state index contributed by atoms with van der Waals surface area (Å²) in [5.74, 6) is -0.389. The third kappa shape index (κ3) is 2.39. The summed E-state index contributed by atoms with van der Waals surface area (Å²) in [6.07, 6.45) is 2.61. The zero-order valence-corrected chi connectivity index (χ0v) is 12.0. The van der Waals surface area contributed by atoms with Crippen LogP contribution in [-0.4, -0.2) is 18.2 Å². The van der Waals surface area contributed by atoms with Crippen molar-refractivity contribution in [1.82, 2.24) is 0 Å². The minimum atomic E-state index is -1.21. The Morgan fingerprint density at radius 3 is 2.50 bits per heavy atom. The van der Waals surface area contributed by atoms with E-state index in [4.69, 9.17) is 4.74 Å². The van der Waals surface area contributed by atoms with Crippen LogP contribution in [0.4, 0.5) is 4.39 Å². The second-order valence-corrected chi connectivity index (χ2v) is 5.49. The number of carbonyl (C=O) groups is 1. The van der Waals surface area contributed by atoms with Crippen LogP contribution in [0.1, 0.15) is 56.3 Å². The van der Waals surface area contributed by atoms with Crippen molar-refractivity contribution in [2.75, 3.05) is 7.11 Å². The van der Waals surface area contributed by atoms with Crippen LogP contribution in [0.25, 0.3) is 0 Å². The quantitative estimate of drug-likeness (QED) is 0.906. The molecule has 0 heterocycles. The molecule has 0 saturated heterocycles. The van der Waals surface area contributed by atoms with Gasteiger partial charge >= 0.3 is 5.97 Å². The molecule has 0 radical (unpaired) electrons. The monoisotopic (exact) mass is 280 g/mol. The summed E-state index contributed by atoms with van der Waals surface area (Å²) < 4.78 is 19.3. The average Bonchev–Trinajstić information content (AvgIpc) is 2.46. The fraction of sp³-hybridized carbons (Fsp3) is 0.562. The Morgan fingerprint density at radius 2 is 2.00 bits per heavy atom. The van der Waals surface area contributed by atoms with Crippen LogP contribution in [0.15, 0.2) is 18.2 Å². The first-order valence-corrected chi connectivity index (χ1v) is 7.08. The van der Waals surface area contributed by atoms with E-state index in [1.165, 1.54) is 14.0 Å². The molecule has 0 spiro atoms. The molecular weight excluding hydrogens is 259 g/mol. The van der Waals surface area contributed by atoms with E-state index in [0.717, 1.165) is 19.3 Å². The number of hydrogen-bond acceptors (Lipinski definition) is 2. The molecule has 0 aromatic heterocycles. The summed E-state index contributed by atoms with van der Waals surface area (Å²) in [5.41, 5.74) is -0.0427. The van der Waals surface area contributed by atoms with Gasteiger partial charge in [-0.2, -0.15) is 0 Å². The second-order valence-electron chi connectivity index (χ2n) is 5.49. The Kier molecular flexibility index (Phi) is 4.31. The van der Waals surface area contributed by atoms with Crippen molar-refractivity contribution in [3.05, 3.63) is 29.3 Å². The maximum absolute atomic E-state index is 14.0. The first kappa shape index (κ1) is 14.8. The summed E-state index contributed by atoms with van der Waals surface area (Å²) in [5, 5.41) is 9.79. The SMILES string of the molecule is COc1cccc(C(C)F)c1C1(C(=O)O)CCCCC1. The lowest BCUT2D eigenvalue weighted by Gasteiger charge is -2.36. The van der Waals surface area contributed by atoms with E-state index in [1.807, 2.05) is 0 Å². The van der Waals surface area contributed by atoms with E-state index < -0.39 is 17.6 Å². The highest BCUT2D eigenvalue weighted by molar-refractivity contribution is 5.83. The maximum Gasteiger partial charge on any atom is 0.314 e. The molecule has 2 rings (SSSR count). The van der Waals surface area contributed by atoms with E-state index in [9.17, 15) is 14.3 Å². The minimum Gasteiger partial charge on any atom is -0.496 e. The molecule has 1 aliphatic rings. The molecule has 20 heavy (non-hydrogen) atoms. The largest absolute Gasteiger partial charge is 0.496 e. The molecule has 1 saturated carbocycles. The normalized spacial score (nSPS) is 19.4. The van der Waals surface area contributed by atoms with Gasteiger partial charge in [-0.05, 0) is 31.4 Å². The van der Waals surface area contributed by atoms with Gasteiger partial charge in [0.2, 0.25) is 0 Å². The smallest absolute Gasteiger partial charge is 0.314 e. The van der Waals surface area contributed by atoms with Gasteiger partial charge in [0.1, 0.15) is 11.9 Å². The molecule has 110 valence electrons. The first-order chi connectivity index (χ1) is 9.53. The van der Waals surface area contributed by atoms with Crippen LogP contribution in [0, 0.1) is 0 Å². The predicted octanol–water partition coefficient (Wildman–Crippen LogP) is 4.01. The Balaban J connectivity index is 2.66. The zero-order valence-electron chi connectivity index (χ0n) is 12.0. The van der Waals surface area contributed by atoms with E-state index in [0.29, 0.717) is 29.7 Å². The van der Waals surface area contributed by atoms with Crippen LogP contribution in [0.3, 0.4) is 0 Å². The molecule has 3 nitrogen and oxygen atoms in total. The van der Waals surface area contributed by atoms with Crippen molar-refractivity contribution >= 4 is 5.97 Å². The number of hydrogen-bond donors (Lipinski definition) is 1. The van der Waals surface area contributed by atoms with Crippen molar-refractivity contribution in [3.8, 4) is 5.75 Å². The lowest BCUT2D eigenvalue weighted by molar-refractivity contribution is -0.145. The van der Waals surface area contributed by atoms with Gasteiger partial charge in [-0.25, -0.2) is 4.39 Å². The molecule has 1 atom stereocenters. The fourth-order valence-electron chi connectivity index (χ4n) is 3.29. The Hall–Kier alpha value is -1.58. The average molecular weight is 280 g/mol. The summed E-state index contributed by atoms with van der Waals surface area (Å²) in [6, 6.07) is 5.11. The van der Waals surface area contributed by atoms with E-state index >= 15 is 0 Å². The minimum absolute atomic E-state index is 0.439. The Bertz CT molecular complexity index is 490. The van der Waals surface area contributed by atoms with E-state index in [1.54, 1.807) is 18.2 Å². The number of halogens is 1. The molecular formula is C16H21FO3. The van der Waals surface area contributed by atoms with Gasteiger partial charge in [0.25, 0.3) is 0 Å². The Labute approximate surface area is 118 Å². The standard InChI is InChI=1S/C16H21FO3/c1-11(17)12-7-6-8-13(20-2)14(12)16(15(18)19)9-4-3-5-10-16/h6-8,11H,3-5,9-10H2,1-2H3,(H,18,19). The maximum atomic E-state index is 14.0. The number of alkyl halides is 1. The molecule has 1 aromatic rings. The van der Waals surface area contributed by atoms with Crippen molar-refractivity contribution in [2.24, 2.45) is 0 Å². The van der Waals surface area contributed by atoms with Crippen LogP contribution >= 0.6 is 0 Å². The molecule has 1 unspecified atom stereocenters. The summed E-state index contributed by atoms with van der Waals surface area (Å²) >= 11 is 0. The third-order valence-corrected chi connectivity index (χ3v) is 4.30. The summed E-state index contributed by atoms with van der Waals surface area (Å²) in [6.45, 7) is 1.44. The number of carboxylic acids is 1. The van der Waals surface area contributed by atoms with Crippen molar-refractivity contribution < 1.29 is 19.0 Å². The molecule has 1 aromatic carbocycles. The van der Waals surface area contributed by atoms with Crippen molar-refractivity contribution in [1.29, 1.82) is 0 Å². The highest BCUT2D eigenvalue weighted by atomic mass is 19.1. The number of benzene rings is 1. The van der Waals surface area contributed by atoms with E-state index in [-0.39, 0.29) is 0 Å². The van der Waals surface area contributed by atoms with Gasteiger partial charge in [0.05, 0.1) is 12.5 Å². The highest BCUT2D eigenvalue weighted by Gasteiger charge is 2.45. The van der Waals surface area contributed by atoms with Crippen molar-refractivity contribution in [2.45, 2.75) is 50.6 Å². The molecule has 1 N–H and O–H groups in total. The number of methoxy groups -OCH3 is 1. The molecule has 1 aliphatic carbocycles. The first-order valence-electron chi connectivity index (χ1n) is 7.08. The molecule has 4 heteroatoms. The highest BCUT2D eigenvalue weighted by Crippen LogP contribution is 2.46. The van der Waals surface area contributed by atoms with Gasteiger partial charge in [-0.3, -0.25) is 4.79 Å². The third-order valence-electron chi connectivity index (χ3n) is 4.30. The fourth-order valence-corrected chi connectivity index (χ4v) is 3.29. The second kappa shape index (κ2) is 5.81. The Morgan fingerprint density at radius 1 is 1.35 bits per heavy atom. The topological polar surface area (TPSA) is 46.5 Å². The van der Waals surface area contributed by atoms with Gasteiger partial charge < -0.3 is 9.84 Å². The molecule has 0 amide bonds. The summed E-state index contributed by atoms with van der Waals surface area (Å²) in [7, 11) is 1.50. The lowest BCUT2D eigenvalue weighted by atomic mass is 9.67. The van der Waals surface area contributed by atoms with Crippen molar-refractivity contribution in [3.63, 3.8) is 0 Å². The number of carboxylic acid groups (broad SMARTS) is 1. The van der Waals surface area contributed by atoms with Gasteiger partial charge in [0.15, 0.2) is 0 Å². The van der Waals surface area contributed by atoms with Gasteiger partial charge in [0, 0.05) is 5.56 Å². The molecule has 1 fully saturated rings. The number of aliphatic carboxylic acids is 1. The predicted molar refractivity (Wildman–Crippen MR) is 74.9 cm³/mol. The molecule has 0 aliphatic heterocycles. The zero-order chi connectivity index (χ0) is 14.8. The van der Waals surface area contributed by atoms with Crippen LogP contribution < -0.4 is 4.74 Å². The van der Waals surface area contributed by atoms with Crippen LogP contribution in [0.2, 0.25) is 0 Å². The van der Waals surface area contributed by atoms with Gasteiger partial charge in [-0.1, -0.05) is 31.4 Å². The summed E-state index contributed by atoms with van der Waals surface area (Å²) in [4.78, 5) is 11.9.